The Balaban J connectivity index is 2.78. The van der Waals surface area contributed by atoms with E-state index in [1.165, 1.54) is 0 Å². The van der Waals surface area contributed by atoms with Crippen LogP contribution in [0.5, 0.6) is 0 Å². The van der Waals surface area contributed by atoms with Crippen molar-refractivity contribution in [3.05, 3.63) is 12.2 Å². The van der Waals surface area contributed by atoms with Crippen LogP contribution in [0.25, 0.3) is 0 Å². The first-order chi connectivity index (χ1) is 5.25. The van der Waals surface area contributed by atoms with Gasteiger partial charge in [0.05, 0.1) is 0 Å². The van der Waals surface area contributed by atoms with Crippen molar-refractivity contribution in [3.63, 3.8) is 0 Å². The second kappa shape index (κ2) is 3.51. The van der Waals surface area contributed by atoms with Gasteiger partial charge in [-0.25, -0.2) is 0 Å². The lowest BCUT2D eigenvalue weighted by Gasteiger charge is -2.08. The fourth-order valence-corrected chi connectivity index (χ4v) is 1.10. The Kier molecular flexibility index (Phi) is 2.63. The molecule has 0 aromatic carbocycles. The molecule has 0 spiro atoms. The van der Waals surface area contributed by atoms with E-state index in [1.54, 1.807) is 6.33 Å². The lowest BCUT2D eigenvalue weighted by atomic mass is 10.3. The Morgan fingerprint density at radius 3 is 2.82 bits per heavy atom. The first-order valence-corrected chi connectivity index (χ1v) is 4.14. The van der Waals surface area contributed by atoms with Crippen LogP contribution in [0.2, 0.25) is 0 Å². The fourth-order valence-electron chi connectivity index (χ4n) is 1.10. The molecule has 1 aromatic heterocycles. The third-order valence-electron chi connectivity index (χ3n) is 1.68. The van der Waals surface area contributed by atoms with Gasteiger partial charge >= 0.3 is 0 Å². The zero-order valence-electron chi connectivity index (χ0n) is 7.41. The lowest BCUT2D eigenvalue weighted by Crippen LogP contribution is -2.04. The highest BCUT2D eigenvalue weighted by Crippen LogP contribution is 2.07. The van der Waals surface area contributed by atoms with Crippen LogP contribution in [0.1, 0.15) is 39.1 Å². The molecule has 0 aliphatic heterocycles. The van der Waals surface area contributed by atoms with E-state index in [0.717, 1.165) is 18.7 Å². The van der Waals surface area contributed by atoms with Gasteiger partial charge in [-0.15, -0.1) is 10.2 Å². The van der Waals surface area contributed by atoms with Crippen molar-refractivity contribution in [2.45, 2.75) is 39.7 Å². The Hall–Kier alpha value is -0.860. The third-order valence-corrected chi connectivity index (χ3v) is 1.68. The largest absolute Gasteiger partial charge is 0.315 e. The molecule has 0 unspecified atom stereocenters. The minimum absolute atomic E-state index is 0.478. The van der Waals surface area contributed by atoms with Gasteiger partial charge in [0.2, 0.25) is 0 Å². The summed E-state index contributed by atoms with van der Waals surface area (Å²) in [6.07, 6.45) is 3.96. The number of aromatic nitrogens is 3. The fraction of sp³-hybridized carbons (Fsp3) is 0.750. The number of hydrogen-bond donors (Lipinski definition) is 0. The quantitative estimate of drug-likeness (QED) is 0.663. The summed E-state index contributed by atoms with van der Waals surface area (Å²) < 4.78 is 2.11. The van der Waals surface area contributed by atoms with Crippen LogP contribution in [0, 0.1) is 0 Å². The average Bonchev–Trinajstić information content (AvgIpc) is 2.36. The first-order valence-electron chi connectivity index (χ1n) is 4.14. The molecule has 62 valence electrons. The number of nitrogens with zero attached hydrogens (tertiary/aromatic N) is 3. The highest BCUT2D eigenvalue weighted by atomic mass is 15.3. The van der Waals surface area contributed by atoms with E-state index in [0.29, 0.717) is 6.04 Å². The minimum atomic E-state index is 0.478. The van der Waals surface area contributed by atoms with Crippen molar-refractivity contribution >= 4 is 0 Å². The van der Waals surface area contributed by atoms with Gasteiger partial charge in [-0.1, -0.05) is 6.92 Å². The van der Waals surface area contributed by atoms with E-state index in [-0.39, 0.29) is 0 Å². The van der Waals surface area contributed by atoms with Gasteiger partial charge in [0.15, 0.2) is 0 Å². The first kappa shape index (κ1) is 8.24. The number of hydrogen-bond acceptors (Lipinski definition) is 2. The van der Waals surface area contributed by atoms with E-state index in [4.69, 9.17) is 0 Å². The molecule has 0 amide bonds. The van der Waals surface area contributed by atoms with Crippen molar-refractivity contribution in [2.24, 2.45) is 0 Å². The Morgan fingerprint density at radius 1 is 1.55 bits per heavy atom. The predicted octanol–water partition coefficient (Wildman–Crippen LogP) is 1.81. The maximum Gasteiger partial charge on any atom is 0.133 e. The second-order valence-corrected chi connectivity index (χ2v) is 3.00. The van der Waals surface area contributed by atoms with E-state index < -0.39 is 0 Å². The van der Waals surface area contributed by atoms with Crippen molar-refractivity contribution in [1.82, 2.24) is 14.8 Å². The second-order valence-electron chi connectivity index (χ2n) is 3.00. The summed E-state index contributed by atoms with van der Waals surface area (Å²) >= 11 is 0. The van der Waals surface area contributed by atoms with Gasteiger partial charge in [0.25, 0.3) is 0 Å². The van der Waals surface area contributed by atoms with Crippen LogP contribution in [0.4, 0.5) is 0 Å². The summed E-state index contributed by atoms with van der Waals surface area (Å²) in [5.74, 6) is 1.10. The van der Waals surface area contributed by atoms with E-state index >= 15 is 0 Å². The molecule has 3 heteroatoms. The third kappa shape index (κ3) is 1.79. The minimum Gasteiger partial charge on any atom is -0.315 e. The number of aryl methyl sites for hydroxylation is 1. The highest BCUT2D eigenvalue weighted by molar-refractivity contribution is 4.87. The molecule has 0 aliphatic carbocycles. The van der Waals surface area contributed by atoms with Gasteiger partial charge < -0.3 is 4.57 Å². The molecule has 0 saturated carbocycles. The normalized spacial score (nSPS) is 10.9. The van der Waals surface area contributed by atoms with Crippen molar-refractivity contribution in [2.75, 3.05) is 0 Å². The van der Waals surface area contributed by atoms with Gasteiger partial charge in [-0.3, -0.25) is 0 Å². The molecule has 1 rings (SSSR count). The summed E-state index contributed by atoms with van der Waals surface area (Å²) in [4.78, 5) is 0. The Labute approximate surface area is 67.4 Å². The highest BCUT2D eigenvalue weighted by Gasteiger charge is 2.04. The SMILES string of the molecule is CCCc1nncn1C(C)C. The van der Waals surface area contributed by atoms with Crippen molar-refractivity contribution in [1.29, 1.82) is 0 Å². The van der Waals surface area contributed by atoms with Crippen LogP contribution < -0.4 is 0 Å². The molecular weight excluding hydrogens is 138 g/mol. The molecule has 0 bridgehead atoms. The van der Waals surface area contributed by atoms with Crippen LogP contribution in [-0.2, 0) is 6.42 Å². The maximum atomic E-state index is 4.04. The van der Waals surface area contributed by atoms with Gasteiger partial charge in [0.1, 0.15) is 12.2 Å². The molecule has 0 saturated heterocycles. The summed E-state index contributed by atoms with van der Waals surface area (Å²) in [6.45, 7) is 6.43. The molecule has 3 nitrogen and oxygen atoms in total. The van der Waals surface area contributed by atoms with Crippen molar-refractivity contribution in [3.8, 4) is 0 Å². The maximum absolute atomic E-state index is 4.04. The molecule has 0 fully saturated rings. The standard InChI is InChI=1S/C8H15N3/c1-4-5-8-10-9-6-11(8)7(2)3/h6-7H,4-5H2,1-3H3. The monoisotopic (exact) mass is 153 g/mol. The lowest BCUT2D eigenvalue weighted by molar-refractivity contribution is 0.564. The van der Waals surface area contributed by atoms with Crippen LogP contribution in [-0.4, -0.2) is 14.8 Å². The summed E-state index contributed by atoms with van der Waals surface area (Å²) in [6, 6.07) is 0.478. The van der Waals surface area contributed by atoms with E-state index in [9.17, 15) is 0 Å². The molecule has 1 heterocycles. The molecule has 0 radical (unpaired) electrons. The zero-order chi connectivity index (χ0) is 8.27. The number of rotatable bonds is 3. The molecule has 11 heavy (non-hydrogen) atoms. The van der Waals surface area contributed by atoms with Crippen LogP contribution in [0.3, 0.4) is 0 Å². The molecule has 0 aliphatic rings. The summed E-state index contributed by atoms with van der Waals surface area (Å²) in [5.41, 5.74) is 0. The Morgan fingerprint density at radius 2 is 2.27 bits per heavy atom. The molecule has 1 aromatic rings. The Bertz CT molecular complexity index is 215. The smallest absolute Gasteiger partial charge is 0.133 e. The zero-order valence-corrected chi connectivity index (χ0v) is 7.41. The van der Waals surface area contributed by atoms with Crippen molar-refractivity contribution < 1.29 is 0 Å². The predicted molar refractivity (Wildman–Crippen MR) is 44.4 cm³/mol. The van der Waals surface area contributed by atoms with Gasteiger partial charge in [-0.2, -0.15) is 0 Å². The molecule has 0 atom stereocenters. The van der Waals surface area contributed by atoms with Crippen LogP contribution >= 0.6 is 0 Å². The van der Waals surface area contributed by atoms with E-state index in [1.807, 2.05) is 0 Å². The van der Waals surface area contributed by atoms with E-state index in [2.05, 4.69) is 35.5 Å². The summed E-state index contributed by atoms with van der Waals surface area (Å²) in [7, 11) is 0. The topological polar surface area (TPSA) is 30.7 Å². The van der Waals surface area contributed by atoms with Crippen LogP contribution in [0.15, 0.2) is 6.33 Å². The van der Waals surface area contributed by atoms with Gasteiger partial charge in [-0.05, 0) is 20.3 Å². The molecule has 0 N–H and O–H groups in total. The summed E-state index contributed by atoms with van der Waals surface area (Å²) in [5, 5.41) is 7.92. The average molecular weight is 153 g/mol. The molecular formula is C8H15N3. The van der Waals surface area contributed by atoms with Gasteiger partial charge in [0, 0.05) is 12.5 Å².